The Morgan fingerprint density at radius 1 is 1.12 bits per heavy atom. The first-order valence-corrected chi connectivity index (χ1v) is 11.7. The molecule has 0 saturated carbocycles. The van der Waals surface area contributed by atoms with Gasteiger partial charge in [-0.05, 0) is 64.1 Å². The molecule has 4 heterocycles. The van der Waals surface area contributed by atoms with E-state index in [-0.39, 0.29) is 6.04 Å². The predicted molar refractivity (Wildman–Crippen MR) is 133 cm³/mol. The summed E-state index contributed by atoms with van der Waals surface area (Å²) in [6.45, 7) is 6.25. The number of hydrogen-bond donors (Lipinski definition) is 5. The summed E-state index contributed by atoms with van der Waals surface area (Å²) in [6, 6.07) is 1.80. The molecule has 1 atom stereocenters. The fourth-order valence-electron chi connectivity index (χ4n) is 4.87. The van der Waals surface area contributed by atoms with Gasteiger partial charge in [0.25, 0.3) is 0 Å². The molecule has 5 rings (SSSR count). The molecule has 1 saturated heterocycles. The third kappa shape index (κ3) is 4.34. The molecule has 0 amide bonds. The van der Waals surface area contributed by atoms with E-state index in [0.717, 1.165) is 66.3 Å². The summed E-state index contributed by atoms with van der Waals surface area (Å²) >= 11 is 0. The van der Waals surface area contributed by atoms with E-state index in [1.807, 2.05) is 31.7 Å². The van der Waals surface area contributed by atoms with Gasteiger partial charge in [-0.15, -0.1) is 0 Å². The van der Waals surface area contributed by atoms with Crippen LogP contribution >= 0.6 is 0 Å². The van der Waals surface area contributed by atoms with Crippen molar-refractivity contribution in [3.63, 3.8) is 0 Å². The number of hydrogen-bond acceptors (Lipinski definition) is 5. The monoisotopic (exact) mass is 443 g/mol. The van der Waals surface area contributed by atoms with Gasteiger partial charge >= 0.3 is 0 Å². The zero-order valence-electron chi connectivity index (χ0n) is 19.4. The average Bonchev–Trinajstić information content (AvgIpc) is 3.33. The van der Waals surface area contributed by atoms with E-state index in [2.05, 4.69) is 56.4 Å². The Kier molecular flexibility index (Phi) is 5.83. The Labute approximate surface area is 195 Å². The van der Waals surface area contributed by atoms with Gasteiger partial charge in [0.05, 0.1) is 23.8 Å². The zero-order chi connectivity index (χ0) is 22.9. The molecule has 2 aromatic heterocycles. The molecular formula is C26H33N7. The van der Waals surface area contributed by atoms with Crippen LogP contribution in [-0.2, 0) is 6.42 Å². The van der Waals surface area contributed by atoms with E-state index in [1.165, 1.54) is 11.3 Å². The molecule has 0 spiro atoms. The molecule has 2 aromatic rings. The summed E-state index contributed by atoms with van der Waals surface area (Å²) < 4.78 is 2.07. The van der Waals surface area contributed by atoms with Gasteiger partial charge < -0.3 is 31.7 Å². The number of aryl methyl sites for hydroxylation is 1. The van der Waals surface area contributed by atoms with Crippen LogP contribution < -0.4 is 22.1 Å². The lowest BCUT2D eigenvalue weighted by atomic mass is 9.94. The molecule has 7 nitrogen and oxygen atoms in total. The number of piperidine rings is 1. The minimum absolute atomic E-state index is 0.364. The normalized spacial score (nSPS) is 20.3. The van der Waals surface area contributed by atoms with Crippen molar-refractivity contribution in [1.29, 1.82) is 0 Å². The second kappa shape index (κ2) is 8.92. The summed E-state index contributed by atoms with van der Waals surface area (Å²) in [7, 11) is 0. The van der Waals surface area contributed by atoms with E-state index in [9.17, 15) is 0 Å². The molecule has 33 heavy (non-hydrogen) atoms. The van der Waals surface area contributed by atoms with E-state index in [1.54, 1.807) is 0 Å². The van der Waals surface area contributed by atoms with Crippen LogP contribution in [0.3, 0.4) is 0 Å². The number of nitrogens with one attached hydrogen (secondary N) is 3. The number of allylic oxidation sites excluding steroid dienone is 6. The number of aromatic amines is 1. The first kappa shape index (κ1) is 21.6. The summed E-state index contributed by atoms with van der Waals surface area (Å²) in [5.74, 6) is 0.518. The molecule has 3 aliphatic rings. The summed E-state index contributed by atoms with van der Waals surface area (Å²) in [5.41, 5.74) is 22.7. The Hall–Kier alpha value is -3.29. The SMILES string of the molecule is CC1=CC=C(n2cnc(C)c2)c2cc(C(N)C3=CNC(C4CCNCC4)=CC=C3N)[nH]c2C1. The Morgan fingerprint density at radius 3 is 2.70 bits per heavy atom. The minimum atomic E-state index is -0.364. The molecule has 7 N–H and O–H groups in total. The van der Waals surface area contributed by atoms with Gasteiger partial charge in [0, 0.05) is 58.7 Å². The van der Waals surface area contributed by atoms with Crippen LogP contribution in [0.15, 0.2) is 71.6 Å². The van der Waals surface area contributed by atoms with Gasteiger partial charge in [0.2, 0.25) is 0 Å². The van der Waals surface area contributed by atoms with Crippen LogP contribution in [0.2, 0.25) is 0 Å². The number of nitrogens with zero attached hydrogens (tertiary/aromatic N) is 2. The van der Waals surface area contributed by atoms with Crippen LogP contribution in [0.25, 0.3) is 5.70 Å². The summed E-state index contributed by atoms with van der Waals surface area (Å²) in [4.78, 5) is 8.02. The smallest absolute Gasteiger partial charge is 0.0995 e. The molecular weight excluding hydrogens is 410 g/mol. The van der Waals surface area contributed by atoms with Crippen molar-refractivity contribution in [3.8, 4) is 0 Å². The number of aromatic nitrogens is 3. The highest BCUT2D eigenvalue weighted by Crippen LogP contribution is 2.32. The van der Waals surface area contributed by atoms with Crippen LogP contribution in [-0.4, -0.2) is 27.6 Å². The predicted octanol–water partition coefficient (Wildman–Crippen LogP) is 3.12. The molecule has 0 aromatic carbocycles. The second-order valence-corrected chi connectivity index (χ2v) is 9.27. The molecule has 2 aliphatic heterocycles. The first-order chi connectivity index (χ1) is 16.0. The van der Waals surface area contributed by atoms with Gasteiger partial charge in [-0.3, -0.25) is 0 Å². The van der Waals surface area contributed by atoms with Gasteiger partial charge in [0.1, 0.15) is 0 Å². The Bertz CT molecular complexity index is 1200. The molecule has 1 fully saturated rings. The molecule has 172 valence electrons. The number of fused-ring (bicyclic) bond motifs is 1. The van der Waals surface area contributed by atoms with Gasteiger partial charge in [-0.25, -0.2) is 4.98 Å². The lowest BCUT2D eigenvalue weighted by molar-refractivity contribution is 0.409. The van der Waals surface area contributed by atoms with Crippen molar-refractivity contribution in [2.75, 3.05) is 13.1 Å². The fraction of sp³-hybridized carbons (Fsp3) is 0.346. The summed E-state index contributed by atoms with van der Waals surface area (Å²) in [5, 5.41) is 6.94. The van der Waals surface area contributed by atoms with Crippen molar-refractivity contribution < 1.29 is 0 Å². The highest BCUT2D eigenvalue weighted by Gasteiger charge is 2.24. The Balaban J connectivity index is 1.44. The van der Waals surface area contributed by atoms with Crippen LogP contribution in [0.1, 0.15) is 48.5 Å². The van der Waals surface area contributed by atoms with Crippen molar-refractivity contribution in [3.05, 3.63) is 94.3 Å². The quantitative estimate of drug-likeness (QED) is 0.499. The van der Waals surface area contributed by atoms with E-state index < -0.39 is 0 Å². The number of H-pyrrole nitrogens is 1. The maximum atomic E-state index is 6.78. The van der Waals surface area contributed by atoms with E-state index in [0.29, 0.717) is 11.6 Å². The van der Waals surface area contributed by atoms with Gasteiger partial charge in [-0.2, -0.15) is 0 Å². The molecule has 7 heteroatoms. The second-order valence-electron chi connectivity index (χ2n) is 9.27. The van der Waals surface area contributed by atoms with Crippen LogP contribution in [0.4, 0.5) is 0 Å². The van der Waals surface area contributed by atoms with E-state index in [4.69, 9.17) is 11.5 Å². The third-order valence-corrected chi connectivity index (χ3v) is 6.79. The third-order valence-electron chi connectivity index (χ3n) is 6.79. The van der Waals surface area contributed by atoms with Crippen molar-refractivity contribution in [2.24, 2.45) is 17.4 Å². The largest absolute Gasteiger partial charge is 0.398 e. The topological polar surface area (TPSA) is 110 Å². The maximum Gasteiger partial charge on any atom is 0.0995 e. The number of nitrogens with two attached hydrogens (primary N) is 2. The average molecular weight is 444 g/mol. The van der Waals surface area contributed by atoms with Crippen LogP contribution in [0, 0.1) is 12.8 Å². The van der Waals surface area contributed by atoms with E-state index >= 15 is 0 Å². The molecule has 0 bridgehead atoms. The lowest BCUT2D eigenvalue weighted by Crippen LogP contribution is -2.31. The first-order valence-electron chi connectivity index (χ1n) is 11.7. The maximum absolute atomic E-state index is 6.78. The highest BCUT2D eigenvalue weighted by molar-refractivity contribution is 5.72. The number of imidazole rings is 1. The summed E-state index contributed by atoms with van der Waals surface area (Å²) in [6.07, 6.45) is 17.4. The molecule has 0 radical (unpaired) electrons. The number of rotatable bonds is 4. The van der Waals surface area contributed by atoms with Crippen molar-refractivity contribution >= 4 is 5.70 Å². The van der Waals surface area contributed by atoms with Gasteiger partial charge in [0.15, 0.2) is 0 Å². The zero-order valence-corrected chi connectivity index (χ0v) is 19.4. The lowest BCUT2D eigenvalue weighted by Gasteiger charge is -2.25. The minimum Gasteiger partial charge on any atom is -0.398 e. The van der Waals surface area contributed by atoms with Crippen molar-refractivity contribution in [1.82, 2.24) is 25.2 Å². The Morgan fingerprint density at radius 2 is 1.94 bits per heavy atom. The molecule has 1 aliphatic carbocycles. The van der Waals surface area contributed by atoms with Crippen LogP contribution in [0.5, 0.6) is 0 Å². The van der Waals surface area contributed by atoms with Gasteiger partial charge in [-0.1, -0.05) is 11.6 Å². The molecule has 1 unspecified atom stereocenters. The standard InChI is InChI=1S/C26H33N7/c1-16-3-6-25(33-14-17(2)31-15-33)19-12-24(32-23(19)11-16)26(28)20-13-30-22(5-4-21(20)27)18-7-9-29-10-8-18/h3-6,12-15,18,26,29-30,32H,7-11,27-28H2,1-2H3. The fourth-order valence-corrected chi connectivity index (χ4v) is 4.87. The van der Waals surface area contributed by atoms with Crippen molar-refractivity contribution in [2.45, 2.75) is 39.2 Å². The highest BCUT2D eigenvalue weighted by atomic mass is 15.0.